The molecule has 0 bridgehead atoms. The molecule has 0 aliphatic heterocycles. The molecule has 0 radical (unpaired) electrons. The number of nitrogens with zero attached hydrogens (tertiary/aromatic N) is 1. The summed E-state index contributed by atoms with van der Waals surface area (Å²) in [4.78, 5) is 16.3. The highest BCUT2D eigenvalue weighted by Gasteiger charge is 2.15. The van der Waals surface area contributed by atoms with Crippen LogP contribution < -0.4 is 16.4 Å². The standard InChI is InChI=1S/C20H30N4O/c21-20(22-14-13-19(25)23-16-9-2-1-3-10-16)24-18-12-6-8-15-7-4-5-11-17(15)18/h6,8,12,16H,1-5,7,9-11,13-14H2,(H,23,25)(H3,21,22,24). The lowest BCUT2D eigenvalue weighted by Crippen LogP contribution is -2.36. The molecular formula is C20H30N4O. The molecule has 4 N–H and O–H groups in total. The van der Waals surface area contributed by atoms with Crippen molar-refractivity contribution in [3.05, 3.63) is 29.3 Å². The minimum Gasteiger partial charge on any atom is -0.370 e. The summed E-state index contributed by atoms with van der Waals surface area (Å²) in [5.41, 5.74) is 9.85. The number of nitrogens with one attached hydrogen (secondary N) is 2. The van der Waals surface area contributed by atoms with Crippen LogP contribution >= 0.6 is 0 Å². The molecule has 1 fully saturated rings. The van der Waals surface area contributed by atoms with E-state index in [-0.39, 0.29) is 5.91 Å². The Morgan fingerprint density at radius 2 is 1.92 bits per heavy atom. The fourth-order valence-corrected chi connectivity index (χ4v) is 3.90. The van der Waals surface area contributed by atoms with Crippen molar-refractivity contribution in [2.75, 3.05) is 11.9 Å². The van der Waals surface area contributed by atoms with Crippen molar-refractivity contribution in [2.24, 2.45) is 10.7 Å². The predicted octanol–water partition coefficient (Wildman–Crippen LogP) is 3.13. The van der Waals surface area contributed by atoms with E-state index in [4.69, 9.17) is 5.73 Å². The summed E-state index contributed by atoms with van der Waals surface area (Å²) in [7, 11) is 0. The Bertz CT molecular complexity index is 620. The molecule has 0 saturated heterocycles. The van der Waals surface area contributed by atoms with Crippen molar-refractivity contribution < 1.29 is 4.79 Å². The summed E-state index contributed by atoms with van der Waals surface area (Å²) in [5, 5.41) is 6.33. The van der Waals surface area contributed by atoms with E-state index < -0.39 is 0 Å². The van der Waals surface area contributed by atoms with Crippen molar-refractivity contribution in [1.82, 2.24) is 5.32 Å². The minimum atomic E-state index is 0.0838. The van der Waals surface area contributed by atoms with Crippen molar-refractivity contribution in [1.29, 1.82) is 0 Å². The SMILES string of the molecule is NC(=NCCC(=O)NC1CCCCC1)Nc1cccc2c1CCCC2. The van der Waals surface area contributed by atoms with E-state index in [9.17, 15) is 4.79 Å². The smallest absolute Gasteiger partial charge is 0.222 e. The van der Waals surface area contributed by atoms with Gasteiger partial charge in [0.1, 0.15) is 0 Å². The first-order valence-corrected chi connectivity index (χ1v) is 9.69. The van der Waals surface area contributed by atoms with Gasteiger partial charge in [0.05, 0.1) is 6.54 Å². The van der Waals surface area contributed by atoms with E-state index in [0.29, 0.717) is 25.0 Å². The number of fused-ring (bicyclic) bond motifs is 1. The number of carbonyl (C=O) groups is 1. The second-order valence-corrected chi connectivity index (χ2v) is 7.19. The molecule has 5 heteroatoms. The molecule has 136 valence electrons. The summed E-state index contributed by atoms with van der Waals surface area (Å²) < 4.78 is 0. The van der Waals surface area contributed by atoms with Crippen molar-refractivity contribution >= 4 is 17.6 Å². The normalized spacial score (nSPS) is 18.5. The zero-order valence-corrected chi connectivity index (χ0v) is 15.0. The van der Waals surface area contributed by atoms with Gasteiger partial charge in [-0.1, -0.05) is 31.4 Å². The molecule has 1 amide bonds. The zero-order valence-electron chi connectivity index (χ0n) is 15.0. The van der Waals surface area contributed by atoms with Crippen LogP contribution in [0.5, 0.6) is 0 Å². The number of rotatable bonds is 5. The number of nitrogens with two attached hydrogens (primary N) is 1. The van der Waals surface area contributed by atoms with Gasteiger partial charge in [0.15, 0.2) is 5.96 Å². The van der Waals surface area contributed by atoms with Crippen molar-refractivity contribution in [3.63, 3.8) is 0 Å². The number of anilines is 1. The van der Waals surface area contributed by atoms with Gasteiger partial charge in [-0.05, 0) is 55.7 Å². The van der Waals surface area contributed by atoms with Crippen molar-refractivity contribution in [3.8, 4) is 0 Å². The van der Waals surface area contributed by atoms with E-state index >= 15 is 0 Å². The quantitative estimate of drug-likeness (QED) is 0.568. The number of carbonyl (C=O) groups excluding carboxylic acids is 1. The number of guanidine groups is 1. The van der Waals surface area contributed by atoms with Crippen LogP contribution in [0.4, 0.5) is 5.69 Å². The van der Waals surface area contributed by atoms with Crippen LogP contribution in [-0.4, -0.2) is 24.5 Å². The Labute approximate surface area is 150 Å². The number of amides is 1. The number of benzene rings is 1. The molecule has 0 aromatic heterocycles. The van der Waals surface area contributed by atoms with E-state index in [1.54, 1.807) is 0 Å². The van der Waals surface area contributed by atoms with Gasteiger partial charge in [-0.3, -0.25) is 9.79 Å². The molecule has 0 heterocycles. The molecular weight excluding hydrogens is 312 g/mol. The molecule has 0 unspecified atom stereocenters. The maximum atomic E-state index is 12.0. The molecule has 5 nitrogen and oxygen atoms in total. The van der Waals surface area contributed by atoms with Crippen LogP contribution in [0.25, 0.3) is 0 Å². The Morgan fingerprint density at radius 1 is 1.12 bits per heavy atom. The van der Waals surface area contributed by atoms with Crippen molar-refractivity contribution in [2.45, 2.75) is 70.3 Å². The molecule has 3 rings (SSSR count). The van der Waals surface area contributed by atoms with Gasteiger partial charge in [-0.25, -0.2) is 0 Å². The van der Waals surface area contributed by atoms with Gasteiger partial charge in [0.25, 0.3) is 0 Å². The molecule has 1 aromatic carbocycles. The van der Waals surface area contributed by atoms with Gasteiger partial charge in [0, 0.05) is 18.2 Å². The predicted molar refractivity (Wildman–Crippen MR) is 103 cm³/mol. The molecule has 1 saturated carbocycles. The monoisotopic (exact) mass is 342 g/mol. The number of hydrogen-bond donors (Lipinski definition) is 3. The van der Waals surface area contributed by atoms with Crippen LogP contribution in [0.15, 0.2) is 23.2 Å². The lowest BCUT2D eigenvalue weighted by molar-refractivity contribution is -0.121. The molecule has 0 atom stereocenters. The molecule has 25 heavy (non-hydrogen) atoms. The summed E-state index contributed by atoms with van der Waals surface area (Å²) in [6.45, 7) is 0.423. The van der Waals surface area contributed by atoms with Gasteiger partial charge in [0.2, 0.25) is 5.91 Å². The summed E-state index contributed by atoms with van der Waals surface area (Å²) in [6.07, 6.45) is 11.1. The molecule has 0 spiro atoms. The average molecular weight is 342 g/mol. The fourth-order valence-electron chi connectivity index (χ4n) is 3.90. The van der Waals surface area contributed by atoms with Gasteiger partial charge >= 0.3 is 0 Å². The number of aliphatic imine (C=N–C) groups is 1. The third-order valence-electron chi connectivity index (χ3n) is 5.25. The lowest BCUT2D eigenvalue weighted by Gasteiger charge is -2.22. The van der Waals surface area contributed by atoms with Crippen LogP contribution in [0, 0.1) is 0 Å². The maximum Gasteiger partial charge on any atom is 0.222 e. The molecule has 2 aliphatic carbocycles. The van der Waals surface area contributed by atoms with E-state index in [0.717, 1.165) is 31.4 Å². The third kappa shape index (κ3) is 5.21. The average Bonchev–Trinajstić information content (AvgIpc) is 2.63. The second kappa shape index (κ2) is 8.88. The van der Waals surface area contributed by atoms with Crippen LogP contribution in [0.1, 0.15) is 62.5 Å². The van der Waals surface area contributed by atoms with Gasteiger partial charge in [-0.15, -0.1) is 0 Å². The summed E-state index contributed by atoms with van der Waals surface area (Å²) >= 11 is 0. The topological polar surface area (TPSA) is 79.5 Å². The summed E-state index contributed by atoms with van der Waals surface area (Å²) in [6, 6.07) is 6.68. The Morgan fingerprint density at radius 3 is 2.76 bits per heavy atom. The Hall–Kier alpha value is -2.04. The first-order chi connectivity index (χ1) is 12.2. The molecule has 1 aromatic rings. The van der Waals surface area contributed by atoms with Crippen LogP contribution in [0.2, 0.25) is 0 Å². The highest BCUT2D eigenvalue weighted by molar-refractivity contribution is 5.93. The van der Waals surface area contributed by atoms with Crippen LogP contribution in [0.3, 0.4) is 0 Å². The Balaban J connectivity index is 1.46. The minimum absolute atomic E-state index is 0.0838. The Kier molecular flexibility index (Phi) is 6.31. The van der Waals surface area contributed by atoms with Crippen LogP contribution in [-0.2, 0) is 17.6 Å². The highest BCUT2D eigenvalue weighted by atomic mass is 16.1. The maximum absolute atomic E-state index is 12.0. The number of aryl methyl sites for hydroxylation is 1. The van der Waals surface area contributed by atoms with Gasteiger partial charge < -0.3 is 16.4 Å². The largest absolute Gasteiger partial charge is 0.370 e. The van der Waals surface area contributed by atoms with Gasteiger partial charge in [-0.2, -0.15) is 0 Å². The van der Waals surface area contributed by atoms with E-state index in [2.05, 4.69) is 33.8 Å². The first-order valence-electron chi connectivity index (χ1n) is 9.69. The van der Waals surface area contributed by atoms with E-state index in [1.807, 2.05) is 0 Å². The highest BCUT2D eigenvalue weighted by Crippen LogP contribution is 2.27. The van der Waals surface area contributed by atoms with E-state index in [1.165, 1.54) is 43.2 Å². The summed E-state index contributed by atoms with van der Waals surface area (Å²) in [5.74, 6) is 0.477. The fraction of sp³-hybridized carbons (Fsp3) is 0.600. The lowest BCUT2D eigenvalue weighted by atomic mass is 9.90. The third-order valence-corrected chi connectivity index (χ3v) is 5.25. The molecule has 2 aliphatic rings. The number of hydrogen-bond acceptors (Lipinski definition) is 2. The zero-order chi connectivity index (χ0) is 17.5. The second-order valence-electron chi connectivity index (χ2n) is 7.19. The first kappa shape index (κ1) is 17.8.